The predicted octanol–water partition coefficient (Wildman–Crippen LogP) is 4.57. The largest absolute Gasteiger partial charge is 0.454 e. The van der Waals surface area contributed by atoms with E-state index in [-0.39, 0.29) is 12.6 Å². The Kier molecular flexibility index (Phi) is 3.40. The Hall–Kier alpha value is -2.67. The number of fused-ring (bicyclic) bond motifs is 5. The Bertz CT molecular complexity index is 1190. The molecule has 2 aromatic heterocycles. The van der Waals surface area contributed by atoms with Crippen LogP contribution in [0.1, 0.15) is 11.4 Å². The molecule has 5 nitrogen and oxygen atoms in total. The van der Waals surface area contributed by atoms with Gasteiger partial charge in [-0.3, -0.25) is 0 Å². The molecule has 0 radical (unpaired) electrons. The summed E-state index contributed by atoms with van der Waals surface area (Å²) in [6.45, 7) is 2.65. The van der Waals surface area contributed by atoms with Gasteiger partial charge in [0.05, 0.1) is 16.2 Å². The van der Waals surface area contributed by atoms with Crippen LogP contribution in [-0.4, -0.2) is 21.3 Å². The van der Waals surface area contributed by atoms with Crippen LogP contribution in [-0.2, 0) is 6.54 Å². The monoisotopic (exact) mass is 413 g/mol. The molecule has 0 fully saturated rings. The number of hydrogen-bond donors (Lipinski definition) is 0. The van der Waals surface area contributed by atoms with Gasteiger partial charge in [0.2, 0.25) is 6.79 Å². The molecule has 7 heteroatoms. The summed E-state index contributed by atoms with van der Waals surface area (Å²) in [4.78, 5) is 9.14. The predicted molar refractivity (Wildman–Crippen MR) is 99.1 cm³/mol. The summed E-state index contributed by atoms with van der Waals surface area (Å²) in [5.74, 6) is 1.92. The summed E-state index contributed by atoms with van der Waals surface area (Å²) in [5.41, 5.74) is 3.36. The second-order valence-electron chi connectivity index (χ2n) is 6.18. The maximum absolute atomic E-state index is 13.9. The fraction of sp³-hybridized carbons (Fsp3) is 0.158. The van der Waals surface area contributed by atoms with Crippen molar-refractivity contribution < 1.29 is 13.9 Å². The second kappa shape index (κ2) is 5.67. The number of halogens is 2. The number of hydrogen-bond acceptors (Lipinski definition) is 4. The first kappa shape index (κ1) is 15.6. The molecule has 130 valence electrons. The lowest BCUT2D eigenvalue weighted by atomic mass is 10.1. The van der Waals surface area contributed by atoms with Gasteiger partial charge in [0, 0.05) is 11.9 Å². The number of aromatic nitrogens is 3. The first-order valence-corrected chi connectivity index (χ1v) is 8.89. The van der Waals surface area contributed by atoms with E-state index >= 15 is 0 Å². The van der Waals surface area contributed by atoms with Crippen LogP contribution in [0.3, 0.4) is 0 Å². The zero-order valence-electron chi connectivity index (χ0n) is 13.8. The topological polar surface area (TPSA) is 49.2 Å². The van der Waals surface area contributed by atoms with Crippen molar-refractivity contribution in [3.8, 4) is 11.5 Å². The smallest absolute Gasteiger partial charge is 0.231 e. The van der Waals surface area contributed by atoms with Crippen molar-refractivity contribution >= 4 is 37.9 Å². The molecule has 1 aliphatic rings. The number of ether oxygens (including phenoxy) is 2. The third kappa shape index (κ3) is 2.27. The molecular weight excluding hydrogens is 401 g/mol. The van der Waals surface area contributed by atoms with Crippen molar-refractivity contribution in [1.82, 2.24) is 14.5 Å². The van der Waals surface area contributed by atoms with Crippen LogP contribution in [0, 0.1) is 12.7 Å². The van der Waals surface area contributed by atoms with Crippen molar-refractivity contribution in [3.63, 3.8) is 0 Å². The number of rotatable bonds is 2. The summed E-state index contributed by atoms with van der Waals surface area (Å²) in [7, 11) is 0. The average molecular weight is 414 g/mol. The Morgan fingerprint density at radius 1 is 1.23 bits per heavy atom. The van der Waals surface area contributed by atoms with Crippen molar-refractivity contribution in [3.05, 3.63) is 58.2 Å². The van der Waals surface area contributed by atoms with E-state index in [0.29, 0.717) is 22.5 Å². The van der Waals surface area contributed by atoms with Gasteiger partial charge in [-0.05, 0) is 52.7 Å². The molecule has 2 aromatic carbocycles. The lowest BCUT2D eigenvalue weighted by Gasteiger charge is -2.10. The molecule has 0 atom stereocenters. The molecule has 26 heavy (non-hydrogen) atoms. The van der Waals surface area contributed by atoms with Gasteiger partial charge < -0.3 is 14.0 Å². The Labute approximate surface area is 156 Å². The number of benzene rings is 2. The van der Waals surface area contributed by atoms with E-state index in [2.05, 4.69) is 30.5 Å². The van der Waals surface area contributed by atoms with Crippen LogP contribution in [0.4, 0.5) is 4.39 Å². The minimum Gasteiger partial charge on any atom is -0.454 e. The fourth-order valence-electron chi connectivity index (χ4n) is 3.38. The molecule has 0 spiro atoms. The van der Waals surface area contributed by atoms with Crippen LogP contribution in [0.5, 0.6) is 11.5 Å². The van der Waals surface area contributed by atoms with E-state index in [1.54, 1.807) is 12.3 Å². The quantitative estimate of drug-likeness (QED) is 0.482. The zero-order valence-corrected chi connectivity index (χ0v) is 15.4. The molecule has 3 heterocycles. The number of imidazole rings is 1. The van der Waals surface area contributed by atoms with Crippen molar-refractivity contribution in [1.29, 1.82) is 0 Å². The first-order valence-electron chi connectivity index (χ1n) is 8.10. The van der Waals surface area contributed by atoms with Gasteiger partial charge in [0.25, 0.3) is 0 Å². The third-order valence-corrected chi connectivity index (χ3v) is 5.24. The Morgan fingerprint density at radius 2 is 2.12 bits per heavy atom. The minimum atomic E-state index is -0.278. The Balaban J connectivity index is 1.74. The third-order valence-electron chi connectivity index (χ3n) is 4.59. The number of nitrogens with zero attached hydrogens (tertiary/aromatic N) is 3. The van der Waals surface area contributed by atoms with E-state index in [9.17, 15) is 4.39 Å². The normalized spacial score (nSPS) is 13.0. The lowest BCUT2D eigenvalue weighted by molar-refractivity contribution is 0.174. The second-order valence-corrected chi connectivity index (χ2v) is 7.04. The zero-order chi connectivity index (χ0) is 17.8. The number of aryl methyl sites for hydroxylation is 1. The summed E-state index contributed by atoms with van der Waals surface area (Å²) in [5, 5.41) is 0.935. The molecule has 5 rings (SSSR count). The van der Waals surface area contributed by atoms with Gasteiger partial charge in [0.1, 0.15) is 22.7 Å². The first-order chi connectivity index (χ1) is 12.6. The highest BCUT2D eigenvalue weighted by Gasteiger charge is 2.21. The van der Waals surface area contributed by atoms with Gasteiger partial charge >= 0.3 is 0 Å². The summed E-state index contributed by atoms with van der Waals surface area (Å²) in [6, 6.07) is 9.01. The van der Waals surface area contributed by atoms with E-state index in [1.165, 1.54) is 6.07 Å². The van der Waals surface area contributed by atoms with Crippen molar-refractivity contribution in [2.45, 2.75) is 13.5 Å². The maximum Gasteiger partial charge on any atom is 0.231 e. The average Bonchev–Trinajstić information content (AvgIpc) is 3.22. The van der Waals surface area contributed by atoms with Gasteiger partial charge in [-0.15, -0.1) is 0 Å². The van der Waals surface area contributed by atoms with Gasteiger partial charge in [0.15, 0.2) is 11.5 Å². The highest BCUT2D eigenvalue weighted by molar-refractivity contribution is 9.10. The van der Waals surface area contributed by atoms with Crippen LogP contribution in [0.15, 0.2) is 41.0 Å². The molecule has 0 aliphatic carbocycles. The highest BCUT2D eigenvalue weighted by Crippen LogP contribution is 2.40. The van der Waals surface area contributed by atoms with E-state index in [1.807, 2.05) is 25.1 Å². The van der Waals surface area contributed by atoms with Crippen LogP contribution in [0.2, 0.25) is 0 Å². The molecular formula is C19H13BrFN3O2. The molecule has 0 saturated carbocycles. The Morgan fingerprint density at radius 3 is 2.96 bits per heavy atom. The van der Waals surface area contributed by atoms with Gasteiger partial charge in [-0.25, -0.2) is 14.4 Å². The number of pyridine rings is 1. The maximum atomic E-state index is 13.9. The van der Waals surface area contributed by atoms with Crippen LogP contribution in [0.25, 0.3) is 21.9 Å². The molecule has 4 aromatic rings. The van der Waals surface area contributed by atoms with Crippen molar-refractivity contribution in [2.75, 3.05) is 6.79 Å². The molecule has 0 saturated heterocycles. The standard InChI is InChI=1S/C19H13BrFN3O2/c1-10-23-15-7-22-17-12(3-5-16-19(17)26-9-25-16)18(15)24(10)8-11-2-4-13(20)14(21)6-11/h2-7H,8-9H2,1H3. The summed E-state index contributed by atoms with van der Waals surface area (Å²) < 4.78 is 27.5. The van der Waals surface area contributed by atoms with E-state index < -0.39 is 0 Å². The van der Waals surface area contributed by atoms with E-state index in [4.69, 9.17) is 9.47 Å². The summed E-state index contributed by atoms with van der Waals surface area (Å²) >= 11 is 3.19. The molecule has 1 aliphatic heterocycles. The highest BCUT2D eigenvalue weighted by atomic mass is 79.9. The molecule has 0 N–H and O–H groups in total. The van der Waals surface area contributed by atoms with E-state index in [0.717, 1.165) is 33.3 Å². The lowest BCUT2D eigenvalue weighted by Crippen LogP contribution is -2.03. The molecule has 0 amide bonds. The van der Waals surface area contributed by atoms with Crippen LogP contribution < -0.4 is 9.47 Å². The fourth-order valence-corrected chi connectivity index (χ4v) is 3.62. The summed E-state index contributed by atoms with van der Waals surface area (Å²) in [6.07, 6.45) is 1.74. The minimum absolute atomic E-state index is 0.199. The molecule has 0 bridgehead atoms. The van der Waals surface area contributed by atoms with Crippen molar-refractivity contribution in [2.24, 2.45) is 0 Å². The van der Waals surface area contributed by atoms with Gasteiger partial charge in [-0.2, -0.15) is 0 Å². The van der Waals surface area contributed by atoms with Gasteiger partial charge in [-0.1, -0.05) is 6.07 Å². The molecule has 0 unspecified atom stereocenters. The van der Waals surface area contributed by atoms with Crippen LogP contribution >= 0.6 is 15.9 Å². The SMILES string of the molecule is Cc1nc2cnc3c4c(ccc3c2n1Cc1ccc(Br)c(F)c1)OCO4.